The Labute approximate surface area is 71.6 Å². The first-order chi connectivity index (χ1) is 5.94. The van der Waals surface area contributed by atoms with Gasteiger partial charge < -0.3 is 5.11 Å². The first kappa shape index (κ1) is 9.83. The first-order valence-corrected chi connectivity index (χ1v) is 3.40. The van der Waals surface area contributed by atoms with E-state index in [1.165, 1.54) is 0 Å². The highest BCUT2D eigenvalue weighted by Gasteiger charge is 2.42. The topological polar surface area (TPSA) is 20.2 Å². The molecule has 0 atom stereocenters. The molecule has 0 amide bonds. The highest BCUT2D eigenvalue weighted by Crippen LogP contribution is 2.35. The van der Waals surface area contributed by atoms with Crippen LogP contribution in [0.4, 0.5) is 17.6 Å². The van der Waals surface area contributed by atoms with Gasteiger partial charge in [0.1, 0.15) is 5.75 Å². The molecule has 0 saturated heterocycles. The Kier molecular flexibility index (Phi) is 2.45. The monoisotopic (exact) mass is 194 g/mol. The largest absolute Gasteiger partial charge is 0.508 e. The second-order valence-corrected chi connectivity index (χ2v) is 2.47. The molecule has 13 heavy (non-hydrogen) atoms. The summed E-state index contributed by atoms with van der Waals surface area (Å²) in [4.78, 5) is 0. The molecule has 1 rings (SSSR count). The maximum atomic E-state index is 12.6. The molecule has 1 nitrogen and oxygen atoms in total. The van der Waals surface area contributed by atoms with Crippen molar-refractivity contribution in [1.82, 2.24) is 0 Å². The van der Waals surface area contributed by atoms with Gasteiger partial charge in [0.2, 0.25) is 0 Å². The number of aromatic hydroxyl groups is 1. The predicted molar refractivity (Wildman–Crippen MR) is 38.0 cm³/mol. The van der Waals surface area contributed by atoms with Crippen LogP contribution in [0, 0.1) is 0 Å². The molecule has 0 aromatic heterocycles. The third-order valence-corrected chi connectivity index (χ3v) is 1.51. The van der Waals surface area contributed by atoms with Gasteiger partial charge in [0.15, 0.2) is 0 Å². The van der Waals surface area contributed by atoms with Gasteiger partial charge in [0.25, 0.3) is 0 Å². The molecule has 0 aliphatic carbocycles. The van der Waals surface area contributed by atoms with E-state index in [0.29, 0.717) is 6.07 Å². The average Bonchev–Trinajstić information content (AvgIpc) is 2.04. The van der Waals surface area contributed by atoms with Crippen molar-refractivity contribution in [2.75, 3.05) is 0 Å². The van der Waals surface area contributed by atoms with Gasteiger partial charge in [-0.15, -0.1) is 0 Å². The van der Waals surface area contributed by atoms with E-state index in [1.807, 2.05) is 0 Å². The van der Waals surface area contributed by atoms with Gasteiger partial charge in [-0.2, -0.15) is 8.78 Å². The molecule has 1 aromatic rings. The Hall–Kier alpha value is -1.26. The van der Waals surface area contributed by atoms with Gasteiger partial charge in [0.05, 0.1) is 0 Å². The van der Waals surface area contributed by atoms with Crippen molar-refractivity contribution in [2.45, 2.75) is 12.3 Å². The van der Waals surface area contributed by atoms with Gasteiger partial charge in [-0.25, -0.2) is 8.78 Å². The van der Waals surface area contributed by atoms with Crippen molar-refractivity contribution < 1.29 is 22.7 Å². The van der Waals surface area contributed by atoms with Crippen molar-refractivity contribution in [2.24, 2.45) is 0 Å². The fraction of sp³-hybridized carbons (Fsp3) is 0.250. The van der Waals surface area contributed by atoms with E-state index < -0.39 is 23.7 Å². The van der Waals surface area contributed by atoms with E-state index in [2.05, 4.69) is 0 Å². The van der Waals surface area contributed by atoms with Gasteiger partial charge in [-0.3, -0.25) is 0 Å². The average molecular weight is 194 g/mol. The second kappa shape index (κ2) is 3.24. The van der Waals surface area contributed by atoms with Crippen LogP contribution < -0.4 is 0 Å². The number of benzene rings is 1. The Bertz CT molecular complexity index is 298. The van der Waals surface area contributed by atoms with Crippen LogP contribution in [0.1, 0.15) is 5.56 Å². The molecule has 5 heteroatoms. The minimum absolute atomic E-state index is 0.460. The summed E-state index contributed by atoms with van der Waals surface area (Å²) in [6.45, 7) is 0. The van der Waals surface area contributed by atoms with Crippen LogP contribution in [0.15, 0.2) is 24.3 Å². The summed E-state index contributed by atoms with van der Waals surface area (Å²) < 4.78 is 48.8. The van der Waals surface area contributed by atoms with Gasteiger partial charge in [-0.05, 0) is 12.1 Å². The van der Waals surface area contributed by atoms with Crippen LogP contribution in [0.3, 0.4) is 0 Å². The maximum Gasteiger partial charge on any atom is 0.332 e. The fourth-order valence-corrected chi connectivity index (χ4v) is 0.839. The van der Waals surface area contributed by atoms with Gasteiger partial charge in [0, 0.05) is 5.56 Å². The fourth-order valence-electron chi connectivity index (χ4n) is 0.839. The first-order valence-electron chi connectivity index (χ1n) is 3.40. The van der Waals surface area contributed by atoms with Crippen LogP contribution in [-0.2, 0) is 5.92 Å². The Morgan fingerprint density at radius 1 is 1.23 bits per heavy atom. The second-order valence-electron chi connectivity index (χ2n) is 2.47. The number of alkyl halides is 4. The molecule has 0 aliphatic heterocycles. The number of phenolic OH excluding ortho intramolecular Hbond substituents is 1. The summed E-state index contributed by atoms with van der Waals surface area (Å²) in [7, 11) is 0. The molecular formula is C8H6F4O. The molecule has 0 radical (unpaired) electrons. The summed E-state index contributed by atoms with van der Waals surface area (Å²) in [5, 5.41) is 8.78. The SMILES string of the molecule is Oc1cccc(C(F)(F)C(F)F)c1. The van der Waals surface area contributed by atoms with E-state index in [9.17, 15) is 17.6 Å². The molecule has 0 saturated carbocycles. The Morgan fingerprint density at radius 3 is 2.31 bits per heavy atom. The van der Waals surface area contributed by atoms with Crippen LogP contribution in [0.2, 0.25) is 0 Å². The zero-order valence-corrected chi connectivity index (χ0v) is 6.35. The molecular weight excluding hydrogens is 188 g/mol. The van der Waals surface area contributed by atoms with Crippen LogP contribution in [0.25, 0.3) is 0 Å². The molecule has 0 unspecified atom stereocenters. The van der Waals surface area contributed by atoms with Gasteiger partial charge >= 0.3 is 12.3 Å². The number of phenols is 1. The third-order valence-electron chi connectivity index (χ3n) is 1.51. The number of rotatable bonds is 2. The lowest BCUT2D eigenvalue weighted by molar-refractivity contribution is -0.135. The standard InChI is InChI=1S/C8H6F4O/c9-7(10)8(11,12)5-2-1-3-6(13)4-5/h1-4,7,13H. The van der Waals surface area contributed by atoms with Crippen molar-refractivity contribution in [3.8, 4) is 5.75 Å². The summed E-state index contributed by atoms with van der Waals surface area (Å²) in [6.07, 6.45) is -3.77. The molecule has 72 valence electrons. The molecule has 1 N–H and O–H groups in total. The molecule has 0 bridgehead atoms. The lowest BCUT2D eigenvalue weighted by Crippen LogP contribution is -2.23. The zero-order chi connectivity index (χ0) is 10.1. The minimum atomic E-state index is -4.21. The predicted octanol–water partition coefficient (Wildman–Crippen LogP) is 2.75. The maximum absolute atomic E-state index is 12.6. The highest BCUT2D eigenvalue weighted by molar-refractivity contribution is 5.30. The van der Waals surface area contributed by atoms with E-state index in [4.69, 9.17) is 5.11 Å². The Morgan fingerprint density at radius 2 is 1.85 bits per heavy atom. The quantitative estimate of drug-likeness (QED) is 0.717. The smallest absolute Gasteiger partial charge is 0.332 e. The lowest BCUT2D eigenvalue weighted by Gasteiger charge is -2.15. The van der Waals surface area contributed by atoms with E-state index in [0.717, 1.165) is 18.2 Å². The van der Waals surface area contributed by atoms with Crippen molar-refractivity contribution in [3.63, 3.8) is 0 Å². The lowest BCUT2D eigenvalue weighted by atomic mass is 10.1. The summed E-state index contributed by atoms with van der Waals surface area (Å²) in [6, 6.07) is 3.67. The van der Waals surface area contributed by atoms with E-state index in [1.54, 1.807) is 0 Å². The number of hydrogen-bond acceptors (Lipinski definition) is 1. The zero-order valence-electron chi connectivity index (χ0n) is 6.35. The molecule has 1 aromatic carbocycles. The molecule has 0 heterocycles. The summed E-state index contributed by atoms with van der Waals surface area (Å²) in [5.41, 5.74) is -0.887. The van der Waals surface area contributed by atoms with Crippen molar-refractivity contribution in [1.29, 1.82) is 0 Å². The van der Waals surface area contributed by atoms with E-state index >= 15 is 0 Å². The van der Waals surface area contributed by atoms with Crippen LogP contribution in [0.5, 0.6) is 5.75 Å². The van der Waals surface area contributed by atoms with E-state index in [-0.39, 0.29) is 0 Å². The minimum Gasteiger partial charge on any atom is -0.508 e. The Balaban J connectivity index is 3.07. The number of halogens is 4. The van der Waals surface area contributed by atoms with Crippen LogP contribution in [-0.4, -0.2) is 11.5 Å². The summed E-state index contributed by atoms with van der Waals surface area (Å²) in [5.74, 6) is -4.67. The molecule has 0 spiro atoms. The number of hydrogen-bond donors (Lipinski definition) is 1. The normalized spacial score (nSPS) is 12.1. The van der Waals surface area contributed by atoms with Crippen molar-refractivity contribution >= 4 is 0 Å². The molecule has 0 aliphatic rings. The van der Waals surface area contributed by atoms with Crippen LogP contribution >= 0.6 is 0 Å². The third kappa shape index (κ3) is 1.91. The van der Waals surface area contributed by atoms with Crippen molar-refractivity contribution in [3.05, 3.63) is 29.8 Å². The molecule has 0 fully saturated rings. The van der Waals surface area contributed by atoms with Gasteiger partial charge in [-0.1, -0.05) is 12.1 Å². The summed E-state index contributed by atoms with van der Waals surface area (Å²) >= 11 is 0. The highest BCUT2D eigenvalue weighted by atomic mass is 19.3.